The van der Waals surface area contributed by atoms with E-state index < -0.39 is 11.4 Å². The van der Waals surface area contributed by atoms with E-state index >= 15 is 0 Å². The lowest BCUT2D eigenvalue weighted by Gasteiger charge is -2.22. The Bertz CT molecular complexity index is 1300. The van der Waals surface area contributed by atoms with Gasteiger partial charge in [-0.2, -0.15) is 0 Å². The van der Waals surface area contributed by atoms with Crippen molar-refractivity contribution in [3.8, 4) is 5.69 Å². The maximum absolute atomic E-state index is 14.4. The van der Waals surface area contributed by atoms with Gasteiger partial charge in [-0.15, -0.1) is 0 Å². The van der Waals surface area contributed by atoms with Crippen molar-refractivity contribution in [2.24, 2.45) is 15.0 Å². The average Bonchev–Trinajstić information content (AvgIpc) is 3.22. The smallest absolute Gasteiger partial charge is 0.269 e. The Labute approximate surface area is 174 Å². The van der Waals surface area contributed by atoms with E-state index in [9.17, 15) is 9.18 Å². The van der Waals surface area contributed by atoms with Crippen LogP contribution in [0, 0.1) is 5.82 Å². The fraction of sp³-hybridized carbons (Fsp3) is 0.150. The third-order valence-corrected chi connectivity index (χ3v) is 5.23. The largest absolute Gasteiger partial charge is 0.363 e. The van der Waals surface area contributed by atoms with E-state index in [4.69, 9.17) is 11.6 Å². The van der Waals surface area contributed by atoms with Crippen molar-refractivity contribution in [2.45, 2.75) is 18.8 Å². The number of aromatic nitrogens is 2. The molecule has 0 fully saturated rings. The summed E-state index contributed by atoms with van der Waals surface area (Å²) in [6, 6.07) is 11.0. The normalized spacial score (nSPS) is 20.9. The molecule has 0 spiro atoms. The molecule has 3 aromatic rings. The summed E-state index contributed by atoms with van der Waals surface area (Å²) >= 11 is 6.34. The Morgan fingerprint density at radius 3 is 2.83 bits per heavy atom. The lowest BCUT2D eigenvalue weighted by atomic mass is 10.2. The molecule has 8 nitrogen and oxygen atoms in total. The lowest BCUT2D eigenvalue weighted by Crippen LogP contribution is -2.49. The van der Waals surface area contributed by atoms with Crippen LogP contribution in [0.25, 0.3) is 16.6 Å². The number of amidine groups is 1. The SMILES string of the molecule is O=c1c2c(F)cccc2nc(CN=C2NC=NC3N=CNC23)n1-c1ccccc1Cl. The quantitative estimate of drug-likeness (QED) is 0.673. The fourth-order valence-electron chi connectivity index (χ4n) is 3.51. The summed E-state index contributed by atoms with van der Waals surface area (Å²) in [5.74, 6) is 0.314. The second-order valence-corrected chi connectivity index (χ2v) is 7.12. The van der Waals surface area contributed by atoms with Gasteiger partial charge in [0.25, 0.3) is 5.56 Å². The molecule has 0 amide bonds. The molecule has 2 atom stereocenters. The van der Waals surface area contributed by atoms with Gasteiger partial charge in [0.05, 0.1) is 35.4 Å². The van der Waals surface area contributed by atoms with Crippen molar-refractivity contribution in [3.05, 3.63) is 69.5 Å². The minimum Gasteiger partial charge on any atom is -0.363 e. The Balaban J connectivity index is 1.67. The number of rotatable bonds is 3. The van der Waals surface area contributed by atoms with Crippen molar-refractivity contribution < 1.29 is 4.39 Å². The second-order valence-electron chi connectivity index (χ2n) is 6.71. The molecule has 0 bridgehead atoms. The molecule has 150 valence electrons. The number of fused-ring (bicyclic) bond motifs is 2. The highest BCUT2D eigenvalue weighted by atomic mass is 35.5. The van der Waals surface area contributed by atoms with Crippen molar-refractivity contribution in [1.82, 2.24) is 20.2 Å². The zero-order valence-corrected chi connectivity index (χ0v) is 16.2. The molecule has 2 N–H and O–H groups in total. The number of aliphatic imine (C=N–C) groups is 3. The summed E-state index contributed by atoms with van der Waals surface area (Å²) in [7, 11) is 0. The fourth-order valence-corrected chi connectivity index (χ4v) is 3.73. The maximum Gasteiger partial charge on any atom is 0.269 e. The van der Waals surface area contributed by atoms with Crippen LogP contribution >= 0.6 is 11.6 Å². The van der Waals surface area contributed by atoms with Gasteiger partial charge in [0, 0.05) is 0 Å². The van der Waals surface area contributed by atoms with Crippen LogP contribution < -0.4 is 16.2 Å². The summed E-state index contributed by atoms with van der Waals surface area (Å²) < 4.78 is 15.7. The van der Waals surface area contributed by atoms with E-state index in [1.165, 1.54) is 23.0 Å². The molecular weight excluding hydrogens is 409 g/mol. The van der Waals surface area contributed by atoms with Gasteiger partial charge in [0.2, 0.25) is 0 Å². The summed E-state index contributed by atoms with van der Waals surface area (Å²) in [6.07, 6.45) is 2.84. The number of nitrogens with zero attached hydrogens (tertiary/aromatic N) is 5. The van der Waals surface area contributed by atoms with E-state index in [-0.39, 0.29) is 29.7 Å². The number of para-hydroxylation sites is 1. The van der Waals surface area contributed by atoms with Crippen molar-refractivity contribution in [2.75, 3.05) is 0 Å². The molecule has 2 aromatic carbocycles. The number of hydrogen-bond acceptors (Lipinski definition) is 6. The molecule has 0 saturated heterocycles. The first-order valence-electron chi connectivity index (χ1n) is 9.19. The summed E-state index contributed by atoms with van der Waals surface area (Å²) in [5, 5.41) is 6.35. The lowest BCUT2D eigenvalue weighted by molar-refractivity contribution is 0.631. The molecule has 3 heterocycles. The van der Waals surface area contributed by atoms with E-state index in [1.807, 2.05) is 0 Å². The van der Waals surface area contributed by atoms with E-state index in [0.29, 0.717) is 22.4 Å². The standard InChI is InChI=1S/C20H15ClFN7O/c21-11-4-1-2-7-14(11)29-15(28-13-6-3-5-12(22)16(13)20(29)30)8-23-18-17-19(25-9-24-17)27-10-26-18/h1-7,9-10,17,19H,8H2,(H,24,25)(H,23,26,27). The van der Waals surface area contributed by atoms with Gasteiger partial charge >= 0.3 is 0 Å². The first-order valence-corrected chi connectivity index (χ1v) is 9.56. The number of benzene rings is 2. The van der Waals surface area contributed by atoms with Gasteiger partial charge in [-0.05, 0) is 24.3 Å². The predicted molar refractivity (Wildman–Crippen MR) is 114 cm³/mol. The monoisotopic (exact) mass is 423 g/mol. The van der Waals surface area contributed by atoms with Gasteiger partial charge in [-0.1, -0.05) is 29.8 Å². The minimum atomic E-state index is -0.635. The topological polar surface area (TPSA) is 96.0 Å². The van der Waals surface area contributed by atoms with Gasteiger partial charge in [0.15, 0.2) is 6.17 Å². The number of hydrogen-bond donors (Lipinski definition) is 2. The van der Waals surface area contributed by atoms with Crippen LogP contribution in [-0.4, -0.2) is 40.3 Å². The molecule has 2 aliphatic heterocycles. The average molecular weight is 424 g/mol. The van der Waals surface area contributed by atoms with E-state index in [0.717, 1.165) is 0 Å². The van der Waals surface area contributed by atoms with Crippen LogP contribution in [0.15, 0.2) is 62.2 Å². The molecule has 5 rings (SSSR count). The third-order valence-electron chi connectivity index (χ3n) is 4.91. The van der Waals surface area contributed by atoms with Gasteiger partial charge < -0.3 is 10.6 Å². The Morgan fingerprint density at radius 2 is 1.97 bits per heavy atom. The minimum absolute atomic E-state index is 0.0635. The van der Waals surface area contributed by atoms with Crippen molar-refractivity contribution in [3.63, 3.8) is 0 Å². The molecule has 1 aromatic heterocycles. The molecule has 0 radical (unpaired) electrons. The first-order chi connectivity index (χ1) is 14.6. The molecule has 2 aliphatic rings. The molecule has 30 heavy (non-hydrogen) atoms. The highest BCUT2D eigenvalue weighted by Gasteiger charge is 2.30. The van der Waals surface area contributed by atoms with Crippen molar-refractivity contribution in [1.29, 1.82) is 0 Å². The predicted octanol–water partition coefficient (Wildman–Crippen LogP) is 2.03. The molecule has 0 aliphatic carbocycles. The molecule has 0 saturated carbocycles. The molecule has 10 heteroatoms. The van der Waals surface area contributed by atoms with Crippen LogP contribution in [0.5, 0.6) is 0 Å². The van der Waals surface area contributed by atoms with Crippen LogP contribution in [0.2, 0.25) is 5.02 Å². The Morgan fingerprint density at radius 1 is 1.13 bits per heavy atom. The highest BCUT2D eigenvalue weighted by Crippen LogP contribution is 2.22. The summed E-state index contributed by atoms with van der Waals surface area (Å²) in [4.78, 5) is 30.8. The Hall–Kier alpha value is -3.59. The summed E-state index contributed by atoms with van der Waals surface area (Å²) in [6.45, 7) is 0.0635. The number of halogens is 2. The second kappa shape index (κ2) is 7.34. The van der Waals surface area contributed by atoms with Gasteiger partial charge in [-0.3, -0.25) is 14.4 Å². The third kappa shape index (κ3) is 3.03. The zero-order chi connectivity index (χ0) is 20.7. The van der Waals surface area contributed by atoms with Crippen molar-refractivity contribution >= 4 is 41.0 Å². The summed E-state index contributed by atoms with van der Waals surface area (Å²) in [5.41, 5.74) is 0.132. The molecular formula is C20H15ClFN7O. The van der Waals surface area contributed by atoms with Crippen LogP contribution in [-0.2, 0) is 6.54 Å². The van der Waals surface area contributed by atoms with Crippen LogP contribution in [0.4, 0.5) is 4.39 Å². The van der Waals surface area contributed by atoms with E-state index in [2.05, 4.69) is 30.6 Å². The number of nitrogens with one attached hydrogen (secondary N) is 2. The van der Waals surface area contributed by atoms with E-state index in [1.54, 1.807) is 36.7 Å². The highest BCUT2D eigenvalue weighted by molar-refractivity contribution is 6.32. The van der Waals surface area contributed by atoms with Crippen LogP contribution in [0.1, 0.15) is 5.82 Å². The molecule has 2 unspecified atom stereocenters. The maximum atomic E-state index is 14.4. The van der Waals surface area contributed by atoms with Gasteiger partial charge in [-0.25, -0.2) is 19.4 Å². The first kappa shape index (κ1) is 18.4. The van der Waals surface area contributed by atoms with Gasteiger partial charge in [0.1, 0.15) is 28.9 Å². The van der Waals surface area contributed by atoms with Crippen LogP contribution in [0.3, 0.4) is 0 Å². The zero-order valence-electron chi connectivity index (χ0n) is 15.5. The Kier molecular flexibility index (Phi) is 4.51.